The Hall–Kier alpha value is -1.13. The molecule has 0 atom stereocenters. The zero-order chi connectivity index (χ0) is 11.5. The number of aromatic nitrogens is 2. The summed E-state index contributed by atoms with van der Waals surface area (Å²) in [6.45, 7) is 0.416. The van der Waals surface area contributed by atoms with Crippen LogP contribution in [0.15, 0.2) is 45.9 Å². The van der Waals surface area contributed by atoms with E-state index in [9.17, 15) is 4.79 Å². The van der Waals surface area contributed by atoms with Crippen molar-refractivity contribution in [2.24, 2.45) is 0 Å². The first kappa shape index (κ1) is 11.4. The van der Waals surface area contributed by atoms with Crippen LogP contribution < -0.4 is 5.56 Å². The van der Waals surface area contributed by atoms with Gasteiger partial charge in [-0.25, -0.2) is 0 Å². The van der Waals surface area contributed by atoms with E-state index in [0.29, 0.717) is 16.0 Å². The van der Waals surface area contributed by atoms with Crippen molar-refractivity contribution in [1.82, 2.24) is 9.55 Å². The number of halogens is 2. The molecule has 0 aliphatic heterocycles. The highest BCUT2D eigenvalue weighted by atomic mass is 79.9. The van der Waals surface area contributed by atoms with Crippen LogP contribution in [0.4, 0.5) is 0 Å². The van der Waals surface area contributed by atoms with Gasteiger partial charge in [-0.15, -0.1) is 0 Å². The van der Waals surface area contributed by atoms with Crippen LogP contribution in [0, 0.1) is 0 Å². The van der Waals surface area contributed by atoms with Crippen LogP contribution in [-0.4, -0.2) is 9.55 Å². The van der Waals surface area contributed by atoms with Crippen LogP contribution >= 0.6 is 27.5 Å². The normalized spacial score (nSPS) is 10.4. The number of hydrogen-bond acceptors (Lipinski definition) is 2. The molecule has 0 bridgehead atoms. The molecule has 2 rings (SSSR count). The van der Waals surface area contributed by atoms with Crippen LogP contribution in [0.1, 0.15) is 5.69 Å². The molecule has 0 saturated carbocycles. The number of rotatable bonds is 2. The molecule has 0 aliphatic carbocycles. The van der Waals surface area contributed by atoms with Gasteiger partial charge in [0.05, 0.1) is 21.7 Å². The third-order valence-electron chi connectivity index (χ3n) is 2.07. The van der Waals surface area contributed by atoms with Gasteiger partial charge < -0.3 is 4.57 Å². The largest absolute Gasteiger partial charge is 0.307 e. The third-order valence-corrected chi connectivity index (χ3v) is 2.84. The first-order chi connectivity index (χ1) is 7.66. The lowest BCUT2D eigenvalue weighted by molar-refractivity contribution is 0.736. The highest BCUT2D eigenvalue weighted by Crippen LogP contribution is 2.12. The van der Waals surface area contributed by atoms with Crippen LogP contribution in [0.5, 0.6) is 0 Å². The van der Waals surface area contributed by atoms with E-state index < -0.39 is 0 Å². The molecule has 0 N–H and O–H groups in total. The van der Waals surface area contributed by atoms with Crippen molar-refractivity contribution in [3.8, 4) is 0 Å². The average molecular weight is 300 g/mol. The molecule has 0 unspecified atom stereocenters. The lowest BCUT2D eigenvalue weighted by Crippen LogP contribution is -2.21. The summed E-state index contributed by atoms with van der Waals surface area (Å²) in [4.78, 5) is 15.9. The highest BCUT2D eigenvalue weighted by Gasteiger charge is 2.04. The van der Waals surface area contributed by atoms with E-state index in [1.807, 2.05) is 18.2 Å². The van der Waals surface area contributed by atoms with Crippen molar-refractivity contribution >= 4 is 27.5 Å². The van der Waals surface area contributed by atoms with Gasteiger partial charge in [0.1, 0.15) is 0 Å². The van der Waals surface area contributed by atoms with E-state index in [2.05, 4.69) is 20.9 Å². The summed E-state index contributed by atoms with van der Waals surface area (Å²) in [7, 11) is 0. The Balaban J connectivity index is 2.39. The Morgan fingerprint density at radius 2 is 2.25 bits per heavy atom. The summed E-state index contributed by atoms with van der Waals surface area (Å²) in [6, 6.07) is 7.16. The molecule has 0 aliphatic rings. The summed E-state index contributed by atoms with van der Waals surface area (Å²) < 4.78 is 1.98. The van der Waals surface area contributed by atoms with E-state index in [1.165, 1.54) is 4.57 Å². The molecule has 2 aromatic heterocycles. The van der Waals surface area contributed by atoms with Gasteiger partial charge in [0, 0.05) is 12.4 Å². The van der Waals surface area contributed by atoms with Crippen LogP contribution in [-0.2, 0) is 6.54 Å². The Labute approximate surface area is 106 Å². The topological polar surface area (TPSA) is 34.9 Å². The molecule has 0 spiro atoms. The van der Waals surface area contributed by atoms with Gasteiger partial charge in [-0.2, -0.15) is 0 Å². The summed E-state index contributed by atoms with van der Waals surface area (Å²) >= 11 is 9.05. The highest BCUT2D eigenvalue weighted by molar-refractivity contribution is 9.10. The summed E-state index contributed by atoms with van der Waals surface area (Å²) in [6.07, 6.45) is 3.29. The molecule has 2 heterocycles. The molecule has 5 heteroatoms. The maximum atomic E-state index is 11.8. The molecule has 0 saturated heterocycles. The first-order valence-electron chi connectivity index (χ1n) is 4.62. The summed E-state index contributed by atoms with van der Waals surface area (Å²) in [5, 5.41) is 0.516. The molecular formula is C11H8BrClN2O. The standard InChI is InChI=1S/C11H8BrClN2O/c12-10-5-8(13)6-15(11(10)16)7-9-3-1-2-4-14-9/h1-6H,7H2. The van der Waals surface area contributed by atoms with E-state index in [-0.39, 0.29) is 5.56 Å². The minimum absolute atomic E-state index is 0.116. The minimum atomic E-state index is -0.116. The third kappa shape index (κ3) is 2.51. The fraction of sp³-hybridized carbons (Fsp3) is 0.0909. The minimum Gasteiger partial charge on any atom is -0.307 e. The van der Waals surface area contributed by atoms with Crippen molar-refractivity contribution in [1.29, 1.82) is 0 Å². The van der Waals surface area contributed by atoms with Gasteiger partial charge in [0.15, 0.2) is 0 Å². The van der Waals surface area contributed by atoms with E-state index >= 15 is 0 Å². The smallest absolute Gasteiger partial charge is 0.265 e. The van der Waals surface area contributed by atoms with Crippen LogP contribution in [0.25, 0.3) is 0 Å². The van der Waals surface area contributed by atoms with Crippen LogP contribution in [0.3, 0.4) is 0 Å². The van der Waals surface area contributed by atoms with Gasteiger partial charge in [-0.3, -0.25) is 9.78 Å². The number of pyridine rings is 2. The lowest BCUT2D eigenvalue weighted by Gasteiger charge is -2.06. The second-order valence-corrected chi connectivity index (χ2v) is 4.55. The van der Waals surface area contributed by atoms with Gasteiger partial charge >= 0.3 is 0 Å². The molecule has 82 valence electrons. The summed E-state index contributed by atoms with van der Waals surface area (Å²) in [5.41, 5.74) is 0.703. The maximum Gasteiger partial charge on any atom is 0.265 e. The quantitative estimate of drug-likeness (QED) is 0.854. The monoisotopic (exact) mass is 298 g/mol. The summed E-state index contributed by atoms with van der Waals surface area (Å²) in [5.74, 6) is 0. The lowest BCUT2D eigenvalue weighted by atomic mass is 10.3. The molecule has 2 aromatic rings. The predicted octanol–water partition coefficient (Wildman–Crippen LogP) is 2.71. The Bertz CT molecular complexity index is 554. The van der Waals surface area contributed by atoms with Gasteiger partial charge in [0.2, 0.25) is 0 Å². The fourth-order valence-electron chi connectivity index (χ4n) is 1.35. The number of nitrogens with zero attached hydrogens (tertiary/aromatic N) is 2. The van der Waals surface area contributed by atoms with Crippen molar-refractivity contribution in [3.63, 3.8) is 0 Å². The fourth-order valence-corrected chi connectivity index (χ4v) is 2.18. The van der Waals surface area contributed by atoms with Crippen molar-refractivity contribution in [2.45, 2.75) is 6.54 Å². The van der Waals surface area contributed by atoms with E-state index in [4.69, 9.17) is 11.6 Å². The first-order valence-corrected chi connectivity index (χ1v) is 5.79. The molecule has 3 nitrogen and oxygen atoms in total. The molecule has 0 radical (unpaired) electrons. The predicted molar refractivity (Wildman–Crippen MR) is 66.8 cm³/mol. The van der Waals surface area contributed by atoms with Crippen molar-refractivity contribution in [3.05, 3.63) is 62.2 Å². The molecule has 0 amide bonds. The molecule has 0 aromatic carbocycles. The number of hydrogen-bond donors (Lipinski definition) is 0. The van der Waals surface area contributed by atoms with Crippen LogP contribution in [0.2, 0.25) is 5.02 Å². The second kappa shape index (κ2) is 4.80. The van der Waals surface area contributed by atoms with E-state index in [1.54, 1.807) is 18.5 Å². The SMILES string of the molecule is O=c1c(Br)cc(Cl)cn1Cc1ccccn1. The van der Waals surface area contributed by atoms with Gasteiger partial charge in [-0.05, 0) is 34.1 Å². The zero-order valence-electron chi connectivity index (χ0n) is 8.23. The Morgan fingerprint density at radius 1 is 1.44 bits per heavy atom. The Morgan fingerprint density at radius 3 is 2.94 bits per heavy atom. The zero-order valence-corrected chi connectivity index (χ0v) is 10.6. The van der Waals surface area contributed by atoms with Crippen molar-refractivity contribution < 1.29 is 0 Å². The molecular weight excluding hydrogens is 291 g/mol. The second-order valence-electron chi connectivity index (χ2n) is 3.26. The van der Waals surface area contributed by atoms with Crippen molar-refractivity contribution in [2.75, 3.05) is 0 Å². The maximum absolute atomic E-state index is 11.8. The Kier molecular flexibility index (Phi) is 3.41. The van der Waals surface area contributed by atoms with Gasteiger partial charge in [0.25, 0.3) is 5.56 Å². The average Bonchev–Trinajstić information content (AvgIpc) is 2.27. The molecule has 16 heavy (non-hydrogen) atoms. The van der Waals surface area contributed by atoms with Gasteiger partial charge in [-0.1, -0.05) is 17.7 Å². The van der Waals surface area contributed by atoms with E-state index in [0.717, 1.165) is 5.69 Å². The molecule has 0 fully saturated rings.